The number of halogens is 3. The molecule has 0 aliphatic heterocycles. The normalized spacial score (nSPS) is 11.5. The zero-order chi connectivity index (χ0) is 22.2. The van der Waals surface area contributed by atoms with Crippen molar-refractivity contribution in [3.8, 4) is 16.9 Å². The van der Waals surface area contributed by atoms with E-state index in [1.165, 1.54) is 18.0 Å². The van der Waals surface area contributed by atoms with Crippen LogP contribution in [0.5, 0.6) is 0 Å². The molecule has 4 aromatic rings. The molecule has 11 heteroatoms. The summed E-state index contributed by atoms with van der Waals surface area (Å²) in [6, 6.07) is 14.0. The zero-order valence-electron chi connectivity index (χ0n) is 16.4. The van der Waals surface area contributed by atoms with Gasteiger partial charge < -0.3 is 0 Å². The number of aryl methyl sites for hydroxylation is 1. The molecule has 158 valence electrons. The van der Waals surface area contributed by atoms with Crippen LogP contribution in [0.25, 0.3) is 16.9 Å². The molecule has 0 saturated carbocycles. The topological polar surface area (TPSA) is 92.6 Å². The number of aromatic amines is 1. The highest BCUT2D eigenvalue weighted by Gasteiger charge is 2.33. The smallest absolute Gasteiger partial charge is 0.294 e. The summed E-state index contributed by atoms with van der Waals surface area (Å²) in [7, 11) is 1.44. The van der Waals surface area contributed by atoms with Gasteiger partial charge >= 0.3 is 6.18 Å². The van der Waals surface area contributed by atoms with Crippen LogP contribution in [-0.2, 0) is 6.18 Å². The van der Waals surface area contributed by atoms with Gasteiger partial charge in [0.1, 0.15) is 0 Å². The number of hydrogen-bond donors (Lipinski definition) is 1. The number of anilines is 1. The van der Waals surface area contributed by atoms with Crippen molar-refractivity contribution in [1.29, 1.82) is 0 Å². The Morgan fingerprint density at radius 2 is 1.84 bits per heavy atom. The van der Waals surface area contributed by atoms with E-state index >= 15 is 0 Å². The van der Waals surface area contributed by atoms with Gasteiger partial charge in [-0.2, -0.15) is 23.0 Å². The Labute approximate surface area is 174 Å². The average Bonchev–Trinajstić information content (AvgIpc) is 3.42. The maximum atomic E-state index is 13.5. The number of nitrogens with one attached hydrogen (secondary N) is 1. The SMILES string of the molecule is Cc1nnnn1-c1cc(C(=O)N(C)c2cc(-c3ccccc3)[nH]n2)cc(C(F)(F)F)c1. The van der Waals surface area contributed by atoms with Crippen LogP contribution in [0.3, 0.4) is 0 Å². The number of H-pyrrole nitrogens is 1. The van der Waals surface area contributed by atoms with Gasteiger partial charge in [0.05, 0.1) is 16.9 Å². The number of aromatic nitrogens is 6. The van der Waals surface area contributed by atoms with Crippen molar-refractivity contribution in [3.05, 3.63) is 71.5 Å². The molecule has 1 N–H and O–H groups in total. The standard InChI is InChI=1S/C20H16F3N7O/c1-12-24-27-28-30(12)16-9-14(8-15(10-16)20(21,22)23)19(31)29(2)18-11-17(25-26-18)13-6-4-3-5-7-13/h3-11H,1-2H3,(H,25,26). The van der Waals surface area contributed by atoms with E-state index in [-0.39, 0.29) is 22.9 Å². The summed E-state index contributed by atoms with van der Waals surface area (Å²) in [6.45, 7) is 1.54. The second-order valence-electron chi connectivity index (χ2n) is 6.77. The Kier molecular flexibility index (Phi) is 5.01. The molecule has 0 aliphatic rings. The van der Waals surface area contributed by atoms with E-state index in [4.69, 9.17) is 0 Å². The van der Waals surface area contributed by atoms with E-state index in [9.17, 15) is 18.0 Å². The molecule has 0 radical (unpaired) electrons. The van der Waals surface area contributed by atoms with Gasteiger partial charge in [-0.1, -0.05) is 30.3 Å². The van der Waals surface area contributed by atoms with Gasteiger partial charge in [0.2, 0.25) is 0 Å². The predicted octanol–water partition coefficient (Wildman–Crippen LogP) is 3.66. The van der Waals surface area contributed by atoms with Gasteiger partial charge in [0.15, 0.2) is 11.6 Å². The van der Waals surface area contributed by atoms with Gasteiger partial charge in [-0.05, 0) is 41.1 Å². The van der Waals surface area contributed by atoms with Crippen molar-refractivity contribution in [1.82, 2.24) is 30.4 Å². The zero-order valence-corrected chi connectivity index (χ0v) is 16.4. The maximum Gasteiger partial charge on any atom is 0.416 e. The van der Waals surface area contributed by atoms with Gasteiger partial charge in [-0.25, -0.2) is 0 Å². The third kappa shape index (κ3) is 4.02. The number of rotatable bonds is 4. The van der Waals surface area contributed by atoms with Crippen LogP contribution >= 0.6 is 0 Å². The van der Waals surface area contributed by atoms with Crippen molar-refractivity contribution >= 4 is 11.7 Å². The minimum absolute atomic E-state index is 0.0288. The number of hydrogen-bond acceptors (Lipinski definition) is 5. The van der Waals surface area contributed by atoms with Crippen LogP contribution < -0.4 is 4.90 Å². The lowest BCUT2D eigenvalue weighted by atomic mass is 10.1. The van der Waals surface area contributed by atoms with Gasteiger partial charge in [-0.3, -0.25) is 14.8 Å². The maximum absolute atomic E-state index is 13.5. The first-order chi connectivity index (χ1) is 14.7. The molecular weight excluding hydrogens is 411 g/mol. The fraction of sp³-hybridized carbons (Fsp3) is 0.150. The lowest BCUT2D eigenvalue weighted by Crippen LogP contribution is -2.27. The number of tetrazole rings is 1. The lowest BCUT2D eigenvalue weighted by Gasteiger charge is -2.17. The van der Waals surface area contributed by atoms with E-state index in [0.717, 1.165) is 22.4 Å². The number of nitrogens with zero attached hydrogens (tertiary/aromatic N) is 6. The monoisotopic (exact) mass is 427 g/mol. The van der Waals surface area contributed by atoms with Crippen LogP contribution in [0.15, 0.2) is 54.6 Å². The van der Waals surface area contributed by atoms with Gasteiger partial charge in [-0.15, -0.1) is 5.10 Å². The third-order valence-corrected chi connectivity index (χ3v) is 4.66. The Hall–Kier alpha value is -4.02. The molecule has 0 aliphatic carbocycles. The largest absolute Gasteiger partial charge is 0.416 e. The lowest BCUT2D eigenvalue weighted by molar-refractivity contribution is -0.137. The molecule has 0 unspecified atom stereocenters. The van der Waals surface area contributed by atoms with Crippen molar-refractivity contribution < 1.29 is 18.0 Å². The molecule has 1 amide bonds. The van der Waals surface area contributed by atoms with E-state index in [1.54, 1.807) is 13.0 Å². The first-order valence-electron chi connectivity index (χ1n) is 9.10. The number of amides is 1. The third-order valence-electron chi connectivity index (χ3n) is 4.66. The van der Waals surface area contributed by atoms with E-state index in [1.807, 2.05) is 30.3 Å². The number of carbonyl (C=O) groups excluding carboxylic acids is 1. The van der Waals surface area contributed by atoms with Crippen LogP contribution in [0, 0.1) is 6.92 Å². The first-order valence-corrected chi connectivity index (χ1v) is 9.10. The molecule has 0 saturated heterocycles. The van der Waals surface area contributed by atoms with Crippen molar-refractivity contribution in [2.75, 3.05) is 11.9 Å². The molecule has 0 fully saturated rings. The van der Waals surface area contributed by atoms with Crippen LogP contribution in [0.2, 0.25) is 0 Å². The average molecular weight is 427 g/mol. The second-order valence-corrected chi connectivity index (χ2v) is 6.77. The molecule has 2 aromatic carbocycles. The quantitative estimate of drug-likeness (QED) is 0.537. The summed E-state index contributed by atoms with van der Waals surface area (Å²) in [6.07, 6.45) is -4.65. The molecule has 8 nitrogen and oxygen atoms in total. The number of alkyl halides is 3. The Morgan fingerprint density at radius 3 is 2.48 bits per heavy atom. The summed E-state index contributed by atoms with van der Waals surface area (Å²) in [5, 5.41) is 17.8. The van der Waals surface area contributed by atoms with Gasteiger partial charge in [0.25, 0.3) is 5.91 Å². The molecule has 0 bridgehead atoms. The summed E-state index contributed by atoms with van der Waals surface area (Å²) in [5.74, 6) is -0.114. The fourth-order valence-electron chi connectivity index (χ4n) is 3.04. The summed E-state index contributed by atoms with van der Waals surface area (Å²) >= 11 is 0. The highest BCUT2D eigenvalue weighted by Crippen LogP contribution is 2.32. The molecule has 2 aromatic heterocycles. The Morgan fingerprint density at radius 1 is 1.10 bits per heavy atom. The molecule has 0 spiro atoms. The number of benzene rings is 2. The highest BCUT2D eigenvalue weighted by atomic mass is 19.4. The predicted molar refractivity (Wildman–Crippen MR) is 106 cm³/mol. The number of carbonyl (C=O) groups is 1. The summed E-state index contributed by atoms with van der Waals surface area (Å²) in [4.78, 5) is 14.2. The molecule has 4 rings (SSSR count). The summed E-state index contributed by atoms with van der Waals surface area (Å²) in [5.41, 5.74) is 0.401. The van der Waals surface area contributed by atoms with Gasteiger partial charge in [0, 0.05) is 18.7 Å². The van der Waals surface area contributed by atoms with Crippen molar-refractivity contribution in [2.24, 2.45) is 0 Å². The minimum Gasteiger partial charge on any atom is -0.294 e. The van der Waals surface area contributed by atoms with Crippen LogP contribution in [0.4, 0.5) is 19.0 Å². The summed E-state index contributed by atoms with van der Waals surface area (Å²) < 4.78 is 41.5. The van der Waals surface area contributed by atoms with E-state index < -0.39 is 17.6 Å². The second kappa shape index (κ2) is 7.67. The molecule has 31 heavy (non-hydrogen) atoms. The Balaban J connectivity index is 1.71. The van der Waals surface area contributed by atoms with E-state index in [2.05, 4.69) is 25.7 Å². The minimum atomic E-state index is -4.65. The first kappa shape index (κ1) is 20.3. The fourth-order valence-corrected chi connectivity index (χ4v) is 3.04. The highest BCUT2D eigenvalue weighted by molar-refractivity contribution is 6.05. The molecular formula is C20H16F3N7O. The van der Waals surface area contributed by atoms with Crippen molar-refractivity contribution in [2.45, 2.75) is 13.1 Å². The van der Waals surface area contributed by atoms with Crippen molar-refractivity contribution in [3.63, 3.8) is 0 Å². The Bertz CT molecular complexity index is 1230. The van der Waals surface area contributed by atoms with Crippen LogP contribution in [-0.4, -0.2) is 43.4 Å². The van der Waals surface area contributed by atoms with Crippen LogP contribution in [0.1, 0.15) is 21.7 Å². The molecule has 2 heterocycles. The molecule has 0 atom stereocenters. The van der Waals surface area contributed by atoms with E-state index in [0.29, 0.717) is 5.69 Å².